The Morgan fingerprint density at radius 2 is 2.03 bits per heavy atom. The van der Waals surface area contributed by atoms with Crippen LogP contribution in [0.2, 0.25) is 0 Å². The highest BCUT2D eigenvalue weighted by atomic mass is 79.9. The van der Waals surface area contributed by atoms with Crippen molar-refractivity contribution in [1.29, 1.82) is 0 Å². The number of rotatable bonds is 8. The summed E-state index contributed by atoms with van der Waals surface area (Å²) in [6, 6.07) is 9.85. The van der Waals surface area contributed by atoms with E-state index in [1.54, 1.807) is 44.2 Å². The van der Waals surface area contributed by atoms with Crippen LogP contribution in [0.3, 0.4) is 0 Å². The van der Waals surface area contributed by atoms with Crippen molar-refractivity contribution in [1.82, 2.24) is 20.3 Å². The molecular formula is C27H30BrN6O3PS. The molecule has 3 heterocycles. The Balaban J connectivity index is 1.43. The van der Waals surface area contributed by atoms with Gasteiger partial charge in [0, 0.05) is 59.0 Å². The Bertz CT molecular complexity index is 1520. The smallest absolute Gasteiger partial charge is 0.229 e. The number of hydrogen-bond acceptors (Lipinski definition) is 10. The topological polar surface area (TPSA) is 110 Å². The Morgan fingerprint density at radius 1 is 1.18 bits per heavy atom. The van der Waals surface area contributed by atoms with E-state index in [1.807, 2.05) is 36.6 Å². The van der Waals surface area contributed by atoms with Crippen LogP contribution in [0.4, 0.5) is 23.1 Å². The molecule has 12 heteroatoms. The van der Waals surface area contributed by atoms with E-state index in [-0.39, 0.29) is 6.10 Å². The fourth-order valence-corrected chi connectivity index (χ4v) is 6.47. The van der Waals surface area contributed by atoms with Crippen molar-refractivity contribution >= 4 is 62.9 Å². The maximum Gasteiger partial charge on any atom is 0.229 e. The zero-order chi connectivity index (χ0) is 27.6. The number of hydrogen-bond donors (Lipinski definition) is 3. The fourth-order valence-electron chi connectivity index (χ4n) is 4.38. The Morgan fingerprint density at radius 3 is 2.72 bits per heavy atom. The molecule has 0 radical (unpaired) electrons. The minimum absolute atomic E-state index is 0.0644. The first-order chi connectivity index (χ1) is 18.7. The summed E-state index contributed by atoms with van der Waals surface area (Å²) < 4.78 is 25.6. The minimum atomic E-state index is -2.62. The van der Waals surface area contributed by atoms with E-state index in [4.69, 9.17) is 14.5 Å². The Kier molecular flexibility index (Phi) is 8.35. The first-order valence-electron chi connectivity index (χ1n) is 12.4. The number of aryl methyl sites for hydroxylation is 1. The second-order valence-electron chi connectivity index (χ2n) is 9.53. The molecule has 1 unspecified atom stereocenters. The van der Waals surface area contributed by atoms with Gasteiger partial charge in [0.15, 0.2) is 0 Å². The molecule has 4 aromatic rings. The van der Waals surface area contributed by atoms with Crippen molar-refractivity contribution in [2.75, 3.05) is 50.8 Å². The molecule has 3 N–H and O–H groups in total. The SMILES string of the molecule is COc1cc(Nc2ncc(Br)c(Nc3ccc(-c4nccs4)cc3P(C)(C)=O)n2)c(C)cc1C1CNCCO1. The van der Waals surface area contributed by atoms with Gasteiger partial charge in [-0.2, -0.15) is 4.98 Å². The first kappa shape index (κ1) is 27.7. The molecule has 0 bridgehead atoms. The molecule has 204 valence electrons. The lowest BCUT2D eigenvalue weighted by molar-refractivity contribution is 0.0262. The zero-order valence-electron chi connectivity index (χ0n) is 22.1. The van der Waals surface area contributed by atoms with E-state index in [1.165, 1.54) is 0 Å². The summed E-state index contributed by atoms with van der Waals surface area (Å²) in [6.45, 7) is 7.79. The summed E-state index contributed by atoms with van der Waals surface area (Å²) in [6.07, 6.45) is 3.38. The van der Waals surface area contributed by atoms with Crippen LogP contribution >= 0.6 is 34.4 Å². The van der Waals surface area contributed by atoms with E-state index in [0.717, 1.165) is 57.2 Å². The summed E-state index contributed by atoms with van der Waals surface area (Å²) in [5, 5.41) is 13.6. The standard InChI is InChI=1S/C27H30BrN6O3PS/c1-16-11-18(23-15-29-7-9-37-23)22(36-2)13-21(16)33-27-31-14-19(28)25(34-27)32-20-6-5-17(26-30-8-10-39-26)12-24(20)38(3,4)35/h5-6,8,10-14,23,29H,7,9,15H2,1-4H3,(H2,31,32,33,34). The highest BCUT2D eigenvalue weighted by molar-refractivity contribution is 9.10. The van der Waals surface area contributed by atoms with Gasteiger partial charge in [0.25, 0.3) is 0 Å². The molecule has 9 nitrogen and oxygen atoms in total. The molecule has 1 fully saturated rings. The summed E-state index contributed by atoms with van der Waals surface area (Å²) in [5.74, 6) is 1.69. The van der Waals surface area contributed by atoms with Crippen molar-refractivity contribution in [3.05, 3.63) is 63.7 Å². The van der Waals surface area contributed by atoms with Crippen molar-refractivity contribution < 1.29 is 14.0 Å². The molecule has 1 atom stereocenters. The molecule has 39 heavy (non-hydrogen) atoms. The monoisotopic (exact) mass is 628 g/mol. The highest BCUT2D eigenvalue weighted by Crippen LogP contribution is 2.41. The van der Waals surface area contributed by atoms with E-state index < -0.39 is 7.14 Å². The molecule has 2 aromatic carbocycles. The molecule has 0 aliphatic carbocycles. The first-order valence-corrected chi connectivity index (χ1v) is 16.7. The van der Waals surface area contributed by atoms with Gasteiger partial charge in [0.1, 0.15) is 23.7 Å². The normalized spacial score (nSPS) is 15.7. The van der Waals surface area contributed by atoms with Crippen LogP contribution in [0.15, 0.2) is 52.6 Å². The second-order valence-corrected chi connectivity index (χ2v) is 14.5. The van der Waals surface area contributed by atoms with Gasteiger partial charge < -0.3 is 30.0 Å². The lowest BCUT2D eigenvalue weighted by Gasteiger charge is -2.26. The van der Waals surface area contributed by atoms with Crippen LogP contribution in [0.1, 0.15) is 17.2 Å². The lowest BCUT2D eigenvalue weighted by atomic mass is 10.0. The maximum absolute atomic E-state index is 13.2. The average molecular weight is 630 g/mol. The van der Waals surface area contributed by atoms with E-state index in [9.17, 15) is 4.57 Å². The van der Waals surface area contributed by atoms with Crippen LogP contribution in [0, 0.1) is 6.92 Å². The second kappa shape index (κ2) is 11.7. The van der Waals surface area contributed by atoms with Crippen LogP contribution in [0.25, 0.3) is 10.6 Å². The van der Waals surface area contributed by atoms with Crippen molar-refractivity contribution in [3.8, 4) is 16.3 Å². The van der Waals surface area contributed by atoms with Gasteiger partial charge in [0.2, 0.25) is 5.95 Å². The number of methoxy groups -OCH3 is 1. The fraction of sp³-hybridized carbons (Fsp3) is 0.296. The summed E-state index contributed by atoms with van der Waals surface area (Å²) >= 11 is 5.10. The molecule has 1 saturated heterocycles. The van der Waals surface area contributed by atoms with Gasteiger partial charge in [0.05, 0.1) is 30.0 Å². The Labute approximate surface area is 240 Å². The van der Waals surface area contributed by atoms with Gasteiger partial charge in [-0.05, 0) is 66.0 Å². The molecule has 2 aromatic heterocycles. The number of nitrogens with one attached hydrogen (secondary N) is 3. The van der Waals surface area contributed by atoms with Crippen LogP contribution in [0.5, 0.6) is 5.75 Å². The highest BCUT2D eigenvalue weighted by Gasteiger charge is 2.22. The third-order valence-electron chi connectivity index (χ3n) is 6.35. The summed E-state index contributed by atoms with van der Waals surface area (Å²) in [4.78, 5) is 13.6. The number of anilines is 4. The number of morpholine rings is 1. The lowest BCUT2D eigenvalue weighted by Crippen LogP contribution is -2.33. The zero-order valence-corrected chi connectivity index (χ0v) is 25.4. The molecule has 1 aliphatic rings. The molecule has 0 saturated carbocycles. The molecule has 5 rings (SSSR count). The predicted octanol–water partition coefficient (Wildman–Crippen LogP) is 6.08. The predicted molar refractivity (Wildman–Crippen MR) is 162 cm³/mol. The average Bonchev–Trinajstić information content (AvgIpc) is 3.47. The number of nitrogens with zero attached hydrogens (tertiary/aromatic N) is 3. The molecular weight excluding hydrogens is 599 g/mol. The van der Waals surface area contributed by atoms with Crippen molar-refractivity contribution in [2.24, 2.45) is 0 Å². The van der Waals surface area contributed by atoms with Gasteiger partial charge >= 0.3 is 0 Å². The van der Waals surface area contributed by atoms with E-state index in [0.29, 0.717) is 22.8 Å². The number of halogens is 1. The number of ether oxygens (including phenoxy) is 2. The van der Waals surface area contributed by atoms with Crippen molar-refractivity contribution in [3.63, 3.8) is 0 Å². The van der Waals surface area contributed by atoms with Crippen molar-refractivity contribution in [2.45, 2.75) is 13.0 Å². The quantitative estimate of drug-likeness (QED) is 0.200. The molecule has 0 spiro atoms. The summed E-state index contributed by atoms with van der Waals surface area (Å²) in [7, 11) is -0.967. The molecule has 0 amide bonds. The third-order valence-corrected chi connectivity index (χ3v) is 9.28. The van der Waals surface area contributed by atoms with Gasteiger partial charge in [-0.3, -0.25) is 0 Å². The number of benzene rings is 2. The van der Waals surface area contributed by atoms with Gasteiger partial charge in [-0.15, -0.1) is 11.3 Å². The largest absolute Gasteiger partial charge is 0.496 e. The molecule has 1 aliphatic heterocycles. The van der Waals surface area contributed by atoms with Crippen LogP contribution in [-0.4, -0.2) is 55.1 Å². The third kappa shape index (κ3) is 6.34. The van der Waals surface area contributed by atoms with E-state index in [2.05, 4.69) is 47.9 Å². The maximum atomic E-state index is 13.2. The Hall–Kier alpha value is -2.82. The number of aromatic nitrogens is 3. The van der Waals surface area contributed by atoms with Crippen LogP contribution in [-0.2, 0) is 9.30 Å². The summed E-state index contributed by atoms with van der Waals surface area (Å²) in [5.41, 5.74) is 4.49. The van der Waals surface area contributed by atoms with Gasteiger partial charge in [-0.25, -0.2) is 9.97 Å². The minimum Gasteiger partial charge on any atom is -0.496 e. The van der Waals surface area contributed by atoms with E-state index >= 15 is 0 Å². The number of thiazole rings is 1. The van der Waals surface area contributed by atoms with Gasteiger partial charge in [-0.1, -0.05) is 0 Å². The van der Waals surface area contributed by atoms with Crippen LogP contribution < -0.4 is 26.0 Å².